The summed E-state index contributed by atoms with van der Waals surface area (Å²) in [6.45, 7) is 7.26. The van der Waals surface area contributed by atoms with E-state index in [4.69, 9.17) is 37.0 Å². The molecule has 17 nitrogen and oxygen atoms in total. The minimum Gasteiger partial charge on any atom is -0.462 e. The van der Waals surface area contributed by atoms with Gasteiger partial charge in [0.15, 0.2) is 12.2 Å². The number of esters is 4. The summed E-state index contributed by atoms with van der Waals surface area (Å²) in [5.41, 5.74) is 0. The van der Waals surface area contributed by atoms with Crippen molar-refractivity contribution in [2.45, 2.75) is 400 Å². The van der Waals surface area contributed by atoms with Crippen LogP contribution in [0.15, 0.2) is 0 Å². The van der Waals surface area contributed by atoms with Crippen LogP contribution in [0, 0.1) is 5.92 Å². The highest BCUT2D eigenvalue weighted by atomic mass is 31.2. The van der Waals surface area contributed by atoms with Gasteiger partial charge in [0, 0.05) is 25.7 Å². The average molecular weight is 1350 g/mol. The molecule has 0 amide bonds. The van der Waals surface area contributed by atoms with Crippen molar-refractivity contribution in [2.75, 3.05) is 39.6 Å². The predicted molar refractivity (Wildman–Crippen MR) is 372 cm³/mol. The number of phosphoric ester groups is 2. The van der Waals surface area contributed by atoms with Gasteiger partial charge >= 0.3 is 39.5 Å². The number of rotatable bonds is 73. The van der Waals surface area contributed by atoms with E-state index in [-0.39, 0.29) is 25.7 Å². The predicted octanol–water partition coefficient (Wildman–Crippen LogP) is 21.3. The zero-order chi connectivity index (χ0) is 67.7. The zero-order valence-electron chi connectivity index (χ0n) is 59.7. The first kappa shape index (κ1) is 90.1. The van der Waals surface area contributed by atoms with Crippen LogP contribution in [0.1, 0.15) is 381 Å². The maximum Gasteiger partial charge on any atom is 0.472 e. The molecule has 5 atom stereocenters. The molecule has 92 heavy (non-hydrogen) atoms. The first-order valence-electron chi connectivity index (χ1n) is 38.1. The molecule has 0 fully saturated rings. The highest BCUT2D eigenvalue weighted by molar-refractivity contribution is 7.47. The van der Waals surface area contributed by atoms with Crippen molar-refractivity contribution in [2.24, 2.45) is 5.92 Å². The third-order valence-electron chi connectivity index (χ3n) is 17.0. The Balaban J connectivity index is 5.20. The number of aliphatic hydroxyl groups is 1. The van der Waals surface area contributed by atoms with Crippen molar-refractivity contribution in [3.8, 4) is 0 Å². The third kappa shape index (κ3) is 66.7. The van der Waals surface area contributed by atoms with Gasteiger partial charge in [-0.3, -0.25) is 37.3 Å². The SMILES string of the molecule is CCCCCCCCCCCCCCCCCCCCC(=O)O[C@H](COC(=O)CCCCCCCCCCCCCCC(C)C)COP(=O)(O)OC[C@@H](O)COP(=O)(O)OC[C@@H](COC(=O)CCCCCCCCCC)OC(=O)CCCCCCCCCCCCC. The lowest BCUT2D eigenvalue weighted by molar-refractivity contribution is -0.161. The standard InChI is InChI=1S/C73H142O17P2/c1-6-9-12-15-18-21-23-24-25-26-27-28-29-35-39-44-49-54-59-73(78)90-69(63-84-71(76)57-52-47-42-37-34-31-30-33-36-40-45-50-55-66(4)5)65-88-92(81,82)86-61-67(74)60-85-91(79,80)87-64-68(62-83-70(75)56-51-46-41-20-17-14-11-8-3)89-72(77)58-53-48-43-38-32-22-19-16-13-10-7-2/h66-69,74H,6-65H2,1-5H3,(H,79,80)(H,81,82)/t67-,68+,69+/m0/s1. The van der Waals surface area contributed by atoms with Crippen molar-refractivity contribution in [1.82, 2.24) is 0 Å². The van der Waals surface area contributed by atoms with E-state index < -0.39 is 97.5 Å². The molecule has 0 heterocycles. The van der Waals surface area contributed by atoms with E-state index in [0.717, 1.165) is 102 Å². The Hall–Kier alpha value is -1.94. The highest BCUT2D eigenvalue weighted by Crippen LogP contribution is 2.45. The monoisotopic (exact) mass is 1350 g/mol. The zero-order valence-corrected chi connectivity index (χ0v) is 61.5. The van der Waals surface area contributed by atoms with Crippen molar-refractivity contribution in [3.05, 3.63) is 0 Å². The van der Waals surface area contributed by atoms with E-state index in [9.17, 15) is 43.2 Å². The molecule has 0 aliphatic heterocycles. The molecule has 0 aliphatic rings. The van der Waals surface area contributed by atoms with Gasteiger partial charge in [-0.2, -0.15) is 0 Å². The van der Waals surface area contributed by atoms with Gasteiger partial charge in [-0.15, -0.1) is 0 Å². The fourth-order valence-corrected chi connectivity index (χ4v) is 12.8. The van der Waals surface area contributed by atoms with Gasteiger partial charge in [0.1, 0.15) is 19.3 Å². The molecular formula is C73H142O17P2. The summed E-state index contributed by atoms with van der Waals surface area (Å²) in [5, 5.41) is 10.6. The molecule has 0 radical (unpaired) electrons. The summed E-state index contributed by atoms with van der Waals surface area (Å²) in [5.74, 6) is -1.34. The van der Waals surface area contributed by atoms with Gasteiger partial charge in [-0.1, -0.05) is 330 Å². The van der Waals surface area contributed by atoms with Gasteiger partial charge in [0.05, 0.1) is 26.4 Å². The van der Waals surface area contributed by atoms with Crippen LogP contribution in [-0.4, -0.2) is 96.7 Å². The van der Waals surface area contributed by atoms with Crippen LogP contribution in [0.4, 0.5) is 0 Å². The molecule has 0 aliphatic carbocycles. The number of ether oxygens (including phenoxy) is 4. The Morgan fingerprint density at radius 1 is 0.293 bits per heavy atom. The van der Waals surface area contributed by atoms with Crippen LogP contribution in [0.5, 0.6) is 0 Å². The number of hydrogen-bond acceptors (Lipinski definition) is 15. The summed E-state index contributed by atoms with van der Waals surface area (Å²) >= 11 is 0. The van der Waals surface area contributed by atoms with Crippen molar-refractivity contribution < 1.29 is 80.2 Å². The van der Waals surface area contributed by atoms with Crippen LogP contribution in [0.3, 0.4) is 0 Å². The van der Waals surface area contributed by atoms with E-state index in [1.807, 2.05) is 0 Å². The molecule has 19 heteroatoms. The fourth-order valence-electron chi connectivity index (χ4n) is 11.2. The number of carbonyl (C=O) groups excluding carboxylic acids is 4. The number of phosphoric acid groups is 2. The highest BCUT2D eigenvalue weighted by Gasteiger charge is 2.30. The van der Waals surface area contributed by atoms with Gasteiger partial charge in [-0.05, 0) is 31.6 Å². The summed E-state index contributed by atoms with van der Waals surface area (Å²) in [6.07, 6.45) is 54.1. The van der Waals surface area contributed by atoms with Gasteiger partial charge in [0.2, 0.25) is 0 Å². The van der Waals surface area contributed by atoms with Crippen molar-refractivity contribution in [1.29, 1.82) is 0 Å². The molecule has 0 aromatic heterocycles. The summed E-state index contributed by atoms with van der Waals surface area (Å²) in [7, 11) is -9.90. The molecule has 0 spiro atoms. The number of unbranched alkanes of at least 4 members (excludes halogenated alkanes) is 45. The Labute approximate surface area is 562 Å². The van der Waals surface area contributed by atoms with E-state index in [1.165, 1.54) is 199 Å². The second kappa shape index (κ2) is 66.3. The maximum absolute atomic E-state index is 13.1. The van der Waals surface area contributed by atoms with Crippen molar-refractivity contribution in [3.63, 3.8) is 0 Å². The van der Waals surface area contributed by atoms with Gasteiger partial charge in [-0.25, -0.2) is 9.13 Å². The number of aliphatic hydroxyl groups excluding tert-OH is 1. The molecule has 3 N–H and O–H groups in total. The Morgan fingerprint density at radius 3 is 0.739 bits per heavy atom. The minimum atomic E-state index is -4.95. The van der Waals surface area contributed by atoms with E-state index in [1.54, 1.807) is 0 Å². The normalized spacial score (nSPS) is 14.0. The molecule has 0 saturated heterocycles. The smallest absolute Gasteiger partial charge is 0.462 e. The molecule has 546 valence electrons. The minimum absolute atomic E-state index is 0.107. The second-order valence-electron chi connectivity index (χ2n) is 26.8. The van der Waals surface area contributed by atoms with Crippen LogP contribution in [0.2, 0.25) is 0 Å². The Bertz CT molecular complexity index is 1770. The van der Waals surface area contributed by atoms with Gasteiger partial charge in [0.25, 0.3) is 0 Å². The van der Waals surface area contributed by atoms with Crippen LogP contribution >= 0.6 is 15.6 Å². The number of hydrogen-bond donors (Lipinski definition) is 3. The first-order valence-corrected chi connectivity index (χ1v) is 41.1. The topological polar surface area (TPSA) is 237 Å². The van der Waals surface area contributed by atoms with Gasteiger partial charge < -0.3 is 33.8 Å². The maximum atomic E-state index is 13.1. The van der Waals surface area contributed by atoms with E-state index >= 15 is 0 Å². The molecular weight excluding hydrogens is 1210 g/mol. The second-order valence-corrected chi connectivity index (χ2v) is 29.7. The quantitative estimate of drug-likeness (QED) is 0.0222. The molecule has 0 aromatic carbocycles. The Kier molecular flexibility index (Phi) is 64.9. The van der Waals surface area contributed by atoms with Crippen LogP contribution in [0.25, 0.3) is 0 Å². The molecule has 0 saturated carbocycles. The number of carbonyl (C=O) groups is 4. The molecule has 0 rings (SSSR count). The molecule has 0 bridgehead atoms. The van der Waals surface area contributed by atoms with Crippen molar-refractivity contribution >= 4 is 39.5 Å². The van der Waals surface area contributed by atoms with E-state index in [0.29, 0.717) is 25.7 Å². The van der Waals surface area contributed by atoms with Crippen LogP contribution < -0.4 is 0 Å². The Morgan fingerprint density at radius 2 is 0.500 bits per heavy atom. The lowest BCUT2D eigenvalue weighted by Crippen LogP contribution is -2.30. The largest absolute Gasteiger partial charge is 0.472 e. The fraction of sp³-hybridized carbons (Fsp3) is 0.945. The molecule has 0 aromatic rings. The van der Waals surface area contributed by atoms with E-state index in [2.05, 4.69) is 34.6 Å². The summed E-state index contributed by atoms with van der Waals surface area (Å²) in [6, 6.07) is 0. The summed E-state index contributed by atoms with van der Waals surface area (Å²) < 4.78 is 68.3. The summed E-state index contributed by atoms with van der Waals surface area (Å²) in [4.78, 5) is 72.6. The lowest BCUT2D eigenvalue weighted by Gasteiger charge is -2.21. The molecule has 2 unspecified atom stereocenters. The lowest BCUT2D eigenvalue weighted by atomic mass is 10.0. The third-order valence-corrected chi connectivity index (χ3v) is 18.9. The van der Waals surface area contributed by atoms with Crippen LogP contribution in [-0.2, 0) is 65.4 Å². The average Bonchev–Trinajstić information content (AvgIpc) is 3.71. The first-order chi connectivity index (χ1) is 44.5.